The smallest absolute Gasteiger partial charge is 0.407 e. The molecule has 16 nitrogen and oxygen atoms in total. The van der Waals surface area contributed by atoms with E-state index >= 15 is 0 Å². The predicted octanol–water partition coefficient (Wildman–Crippen LogP) is 5.48. The van der Waals surface area contributed by atoms with E-state index in [4.69, 9.17) is 9.47 Å². The van der Waals surface area contributed by atoms with Gasteiger partial charge in [-0.15, -0.1) is 0 Å². The molecule has 4 amide bonds. The Morgan fingerprint density at radius 2 is 1.06 bits per heavy atom. The number of ketones is 2. The van der Waals surface area contributed by atoms with Crippen LogP contribution in [0.2, 0.25) is 0 Å². The number of carbonyl (C=O) groups excluding carboxylic acids is 8. The summed E-state index contributed by atoms with van der Waals surface area (Å²) in [6, 6.07) is 15.6. The van der Waals surface area contributed by atoms with Gasteiger partial charge in [0, 0.05) is 24.2 Å². The van der Waals surface area contributed by atoms with E-state index in [0.29, 0.717) is 42.2 Å². The molecule has 2 saturated heterocycles. The van der Waals surface area contributed by atoms with Gasteiger partial charge >= 0.3 is 24.1 Å². The number of hydrogen-bond donors (Lipinski definition) is 2. The Hall–Kier alpha value is -6.32. The lowest BCUT2D eigenvalue weighted by Gasteiger charge is -2.36. The average Bonchev–Trinajstić information content (AvgIpc) is 3.87. The molecule has 0 aromatic heterocycles. The fourth-order valence-electron chi connectivity index (χ4n) is 8.16. The summed E-state index contributed by atoms with van der Waals surface area (Å²) in [6.45, 7) is 9.72. The summed E-state index contributed by atoms with van der Waals surface area (Å²) in [5.41, 5.74) is -0.542. The van der Waals surface area contributed by atoms with Crippen molar-refractivity contribution in [1.82, 2.24) is 20.4 Å². The van der Waals surface area contributed by atoms with Crippen molar-refractivity contribution in [3.05, 3.63) is 71.8 Å². The summed E-state index contributed by atoms with van der Waals surface area (Å²) in [5.74, 6) is -3.81. The van der Waals surface area contributed by atoms with Crippen molar-refractivity contribution in [2.24, 2.45) is 11.8 Å². The van der Waals surface area contributed by atoms with Gasteiger partial charge in [-0.2, -0.15) is 0 Å². The Morgan fingerprint density at radius 1 is 0.613 bits per heavy atom. The van der Waals surface area contributed by atoms with E-state index in [-0.39, 0.29) is 24.9 Å². The fraction of sp³-hybridized carbons (Fsp3) is 0.478. The molecule has 3 aromatic rings. The summed E-state index contributed by atoms with van der Waals surface area (Å²) in [6.07, 6.45) is 0.183. The van der Waals surface area contributed by atoms with Gasteiger partial charge in [-0.3, -0.25) is 19.2 Å². The quantitative estimate of drug-likeness (QED) is 0.111. The first-order valence-corrected chi connectivity index (χ1v) is 20.7. The molecule has 2 fully saturated rings. The number of benzene rings is 3. The number of fused-ring (bicyclic) bond motifs is 1. The highest BCUT2D eigenvalue weighted by atomic mass is 16.6. The minimum atomic E-state index is -1.35. The topological polar surface area (TPSA) is 204 Å². The zero-order valence-electron chi connectivity index (χ0n) is 36.5. The van der Waals surface area contributed by atoms with Crippen LogP contribution in [0.1, 0.15) is 87.9 Å². The average molecular weight is 857 g/mol. The lowest BCUT2D eigenvalue weighted by atomic mass is 9.93. The van der Waals surface area contributed by atoms with E-state index < -0.39 is 83.9 Å². The first-order chi connectivity index (χ1) is 29.4. The van der Waals surface area contributed by atoms with Gasteiger partial charge in [0.2, 0.25) is 17.6 Å². The lowest BCUT2D eigenvalue weighted by molar-refractivity contribution is -0.160. The first kappa shape index (κ1) is 46.7. The van der Waals surface area contributed by atoms with E-state index in [0.717, 1.165) is 16.5 Å². The number of hydrogen-bond acceptors (Lipinski definition) is 12. The summed E-state index contributed by atoms with van der Waals surface area (Å²) in [7, 11) is 2.40. The molecular weight excluding hydrogens is 801 g/mol. The van der Waals surface area contributed by atoms with Crippen molar-refractivity contribution in [3.8, 4) is 11.1 Å². The number of amides is 4. The first-order valence-electron chi connectivity index (χ1n) is 20.7. The van der Waals surface area contributed by atoms with Crippen LogP contribution in [-0.4, -0.2) is 121 Å². The number of nitrogens with one attached hydrogen (secondary N) is 2. The van der Waals surface area contributed by atoms with Crippen LogP contribution in [0.3, 0.4) is 0 Å². The van der Waals surface area contributed by atoms with Crippen LogP contribution in [0, 0.1) is 11.8 Å². The minimum absolute atomic E-state index is 0.278. The highest BCUT2D eigenvalue weighted by molar-refractivity contribution is 6.12. The highest BCUT2D eigenvalue weighted by Gasteiger charge is 2.50. The van der Waals surface area contributed by atoms with Crippen molar-refractivity contribution in [2.75, 3.05) is 40.5 Å². The zero-order chi connectivity index (χ0) is 45.5. The molecule has 5 rings (SSSR count). The standard InChI is InChI=1S/C46H56N4O12/c1-27(2)37(47-43(57)59-7)39(53)49-23-11-21-45(49,5)41(55)61-25-35(51)30-17-15-29(16-18-30)31-19-20-34(33-14-10-9-13-32(31)33)36(52)26-62-42(56)46(6)22-12-24-50(46)40(54)38(28(3)4)48-44(58)60-8/h9-10,13-20,27-28,37-38H,11-12,21-26H2,1-8H3,(H,47,57)(H,48,58)/t37-,38-,45-,46-/m0/s1. The molecule has 0 radical (unpaired) electrons. The third kappa shape index (κ3) is 9.74. The Labute approximate surface area is 360 Å². The van der Waals surface area contributed by atoms with Crippen molar-refractivity contribution in [3.63, 3.8) is 0 Å². The highest BCUT2D eigenvalue weighted by Crippen LogP contribution is 2.35. The maximum atomic E-state index is 13.7. The van der Waals surface area contributed by atoms with Gasteiger partial charge < -0.3 is 39.4 Å². The van der Waals surface area contributed by atoms with E-state index in [9.17, 15) is 38.4 Å². The second-order valence-corrected chi connectivity index (χ2v) is 16.7. The van der Waals surface area contributed by atoms with Crippen molar-refractivity contribution in [2.45, 2.75) is 90.4 Å². The molecule has 2 N–H and O–H groups in total. The van der Waals surface area contributed by atoms with Crippen LogP contribution in [-0.2, 0) is 38.1 Å². The summed E-state index contributed by atoms with van der Waals surface area (Å²) >= 11 is 0. The molecule has 0 spiro atoms. The van der Waals surface area contributed by atoms with Gasteiger partial charge in [0.05, 0.1) is 14.2 Å². The maximum absolute atomic E-state index is 13.7. The van der Waals surface area contributed by atoms with Gasteiger partial charge in [0.25, 0.3) is 0 Å². The largest absolute Gasteiger partial charge is 0.456 e. The summed E-state index contributed by atoms with van der Waals surface area (Å²) in [5, 5.41) is 6.45. The summed E-state index contributed by atoms with van der Waals surface area (Å²) in [4.78, 5) is 108. The molecule has 0 saturated carbocycles. The third-order valence-electron chi connectivity index (χ3n) is 11.9. The third-order valence-corrected chi connectivity index (χ3v) is 11.9. The number of carbonyl (C=O) groups is 8. The molecule has 2 heterocycles. The minimum Gasteiger partial charge on any atom is -0.456 e. The molecule has 0 bridgehead atoms. The molecule has 62 heavy (non-hydrogen) atoms. The Morgan fingerprint density at radius 3 is 1.52 bits per heavy atom. The number of rotatable bonds is 15. The van der Waals surface area contributed by atoms with Crippen LogP contribution >= 0.6 is 0 Å². The van der Waals surface area contributed by atoms with Gasteiger partial charge in [0.1, 0.15) is 23.2 Å². The molecule has 332 valence electrons. The Bertz CT molecular complexity index is 2220. The number of likely N-dealkylation sites (tertiary alicyclic amines) is 2. The molecule has 0 aliphatic carbocycles. The number of nitrogens with zero attached hydrogens (tertiary/aromatic N) is 2. The number of Topliss-reactive ketones (excluding diaryl/α,β-unsaturated/α-hetero) is 2. The number of esters is 2. The van der Waals surface area contributed by atoms with Gasteiger partial charge in [0.15, 0.2) is 19.0 Å². The normalized spacial score (nSPS) is 19.5. The maximum Gasteiger partial charge on any atom is 0.407 e. The Balaban J connectivity index is 1.24. The number of methoxy groups -OCH3 is 2. The van der Waals surface area contributed by atoms with E-state index in [1.54, 1.807) is 90.1 Å². The summed E-state index contributed by atoms with van der Waals surface area (Å²) < 4.78 is 20.5. The van der Waals surface area contributed by atoms with Crippen LogP contribution in [0.4, 0.5) is 9.59 Å². The molecule has 2 aliphatic heterocycles. The van der Waals surface area contributed by atoms with Crippen LogP contribution in [0.15, 0.2) is 60.7 Å². The Kier molecular flexibility index (Phi) is 14.8. The van der Waals surface area contributed by atoms with Crippen LogP contribution in [0.5, 0.6) is 0 Å². The molecule has 0 unspecified atom stereocenters. The van der Waals surface area contributed by atoms with Gasteiger partial charge in [-0.1, -0.05) is 88.4 Å². The SMILES string of the molecule is COC(=O)N[C@H](C(=O)N1CCC[C@@]1(C)C(=O)OCC(=O)c1ccc(-c2ccc(C(=O)COC(=O)[C@]3(C)CCCN3C(=O)[C@@H](NC(=O)OC)C(C)C)c3ccccc23)cc1)C(C)C. The fourth-order valence-corrected chi connectivity index (χ4v) is 8.16. The van der Waals surface area contributed by atoms with Crippen molar-refractivity contribution in [1.29, 1.82) is 0 Å². The molecule has 4 atom stereocenters. The monoisotopic (exact) mass is 856 g/mol. The second kappa shape index (κ2) is 19.6. The second-order valence-electron chi connectivity index (χ2n) is 16.7. The molecule has 2 aliphatic rings. The van der Waals surface area contributed by atoms with E-state index in [1.165, 1.54) is 24.0 Å². The zero-order valence-corrected chi connectivity index (χ0v) is 36.5. The van der Waals surface area contributed by atoms with Crippen LogP contribution < -0.4 is 10.6 Å². The van der Waals surface area contributed by atoms with Gasteiger partial charge in [-0.25, -0.2) is 19.2 Å². The van der Waals surface area contributed by atoms with Crippen molar-refractivity contribution >= 4 is 58.3 Å². The lowest BCUT2D eigenvalue weighted by Crippen LogP contribution is -2.58. The molecule has 3 aromatic carbocycles. The van der Waals surface area contributed by atoms with E-state index in [1.807, 2.05) is 12.1 Å². The number of ether oxygens (including phenoxy) is 4. The van der Waals surface area contributed by atoms with Crippen molar-refractivity contribution < 1.29 is 57.3 Å². The van der Waals surface area contributed by atoms with Crippen LogP contribution in [0.25, 0.3) is 21.9 Å². The predicted molar refractivity (Wildman–Crippen MR) is 227 cm³/mol. The van der Waals surface area contributed by atoms with E-state index in [2.05, 4.69) is 20.1 Å². The number of alkyl carbamates (subject to hydrolysis) is 2. The molecular formula is C46H56N4O12. The molecule has 16 heteroatoms. The van der Waals surface area contributed by atoms with Gasteiger partial charge in [-0.05, 0) is 73.3 Å².